The number of aryl methyl sites for hydroxylation is 1. The molecule has 1 aliphatic heterocycles. The van der Waals surface area contributed by atoms with Crippen molar-refractivity contribution in [2.75, 3.05) is 5.75 Å². The largest absolute Gasteiger partial charge is 0.295 e. The zero-order valence-electron chi connectivity index (χ0n) is 9.76. The molecule has 0 aliphatic carbocycles. The van der Waals surface area contributed by atoms with Gasteiger partial charge in [0.25, 0.3) is 0 Å². The minimum Gasteiger partial charge on any atom is -0.295 e. The summed E-state index contributed by atoms with van der Waals surface area (Å²) >= 11 is 8.18. The lowest BCUT2D eigenvalue weighted by Crippen LogP contribution is -2.08. The van der Waals surface area contributed by atoms with Gasteiger partial charge in [0.15, 0.2) is 5.78 Å². The lowest BCUT2D eigenvalue weighted by Gasteiger charge is -2.11. The third-order valence-corrected chi connectivity index (χ3v) is 4.74. The molecule has 0 spiro atoms. The smallest absolute Gasteiger partial charge is 0.160 e. The summed E-state index contributed by atoms with van der Waals surface area (Å²) < 4.78 is 0.369. The van der Waals surface area contributed by atoms with Crippen molar-refractivity contribution in [2.45, 2.75) is 31.9 Å². The third-order valence-electron chi connectivity index (χ3n) is 2.97. The maximum Gasteiger partial charge on any atom is 0.160 e. The Hall–Kier alpha value is -0.470. The molecule has 1 atom stereocenters. The lowest BCUT2D eigenvalue weighted by molar-refractivity contribution is 0.101. The quantitative estimate of drug-likeness (QED) is 0.601. The second-order valence-corrected chi connectivity index (χ2v) is 6.70. The van der Waals surface area contributed by atoms with Crippen LogP contribution in [0.4, 0.5) is 0 Å². The fraction of sp³-hybridized carbons (Fsp3) is 0.462. The van der Waals surface area contributed by atoms with E-state index in [-0.39, 0.29) is 5.78 Å². The van der Waals surface area contributed by atoms with Crippen LogP contribution in [0.15, 0.2) is 12.1 Å². The molecule has 0 bridgehead atoms. The van der Waals surface area contributed by atoms with E-state index in [1.54, 1.807) is 6.92 Å². The van der Waals surface area contributed by atoms with Gasteiger partial charge < -0.3 is 0 Å². The highest BCUT2D eigenvalue weighted by Crippen LogP contribution is 2.47. The Labute approximate surface area is 106 Å². The lowest BCUT2D eigenvalue weighted by atomic mass is 9.97. The average molecular weight is 255 g/mol. The summed E-state index contributed by atoms with van der Waals surface area (Å²) in [4.78, 5) is 11.4. The van der Waals surface area contributed by atoms with E-state index in [4.69, 9.17) is 11.6 Å². The number of hydrogen-bond donors (Lipinski definition) is 0. The molecule has 0 aromatic heterocycles. The highest BCUT2D eigenvalue weighted by molar-refractivity contribution is 8.07. The highest BCUT2D eigenvalue weighted by atomic mass is 35.5. The Kier molecular flexibility index (Phi) is 3.06. The number of ketones is 1. The second kappa shape index (κ2) is 4.08. The van der Waals surface area contributed by atoms with Gasteiger partial charge in [-0.3, -0.25) is 4.79 Å². The van der Waals surface area contributed by atoms with Gasteiger partial charge in [-0.05, 0) is 44.4 Å². The Morgan fingerprint density at radius 3 is 2.69 bits per heavy atom. The second-order valence-electron chi connectivity index (χ2n) is 4.73. The first-order valence-corrected chi connectivity index (χ1v) is 6.71. The molecule has 1 nitrogen and oxygen atoms in total. The molecule has 0 saturated carbocycles. The maximum atomic E-state index is 11.4. The van der Waals surface area contributed by atoms with Crippen molar-refractivity contribution in [1.29, 1.82) is 0 Å². The number of hydrogen-bond acceptors (Lipinski definition) is 2. The topological polar surface area (TPSA) is 17.1 Å². The standard InChI is InChI=1S/C13H15ClOS/c1-8-4-10(6-13(3)7-16-13)12(14)5-11(8)9(2)15/h4-5H,6-7H2,1-3H3. The molecule has 86 valence electrons. The van der Waals surface area contributed by atoms with Crippen LogP contribution in [0.5, 0.6) is 0 Å². The molecule has 0 N–H and O–H groups in total. The van der Waals surface area contributed by atoms with E-state index in [1.807, 2.05) is 24.8 Å². The zero-order valence-corrected chi connectivity index (χ0v) is 11.3. The van der Waals surface area contributed by atoms with Crippen molar-refractivity contribution in [3.8, 4) is 0 Å². The van der Waals surface area contributed by atoms with Crippen molar-refractivity contribution in [2.24, 2.45) is 0 Å². The van der Waals surface area contributed by atoms with Gasteiger partial charge in [0.1, 0.15) is 0 Å². The van der Waals surface area contributed by atoms with Crippen molar-refractivity contribution in [3.05, 3.63) is 33.8 Å². The molecule has 1 heterocycles. The van der Waals surface area contributed by atoms with Gasteiger partial charge in [-0.1, -0.05) is 17.7 Å². The Balaban J connectivity index is 2.33. The normalized spacial score (nSPS) is 23.2. The monoisotopic (exact) mass is 254 g/mol. The van der Waals surface area contributed by atoms with Crippen molar-refractivity contribution >= 4 is 29.1 Å². The minimum atomic E-state index is 0.0814. The van der Waals surface area contributed by atoms with Crippen LogP contribution < -0.4 is 0 Å². The molecule has 16 heavy (non-hydrogen) atoms. The summed E-state index contributed by atoms with van der Waals surface area (Å²) in [6.07, 6.45) is 0.996. The van der Waals surface area contributed by atoms with Crippen LogP contribution in [0.2, 0.25) is 5.02 Å². The Morgan fingerprint density at radius 1 is 1.56 bits per heavy atom. The fourth-order valence-corrected chi connectivity index (χ4v) is 2.72. The van der Waals surface area contributed by atoms with Gasteiger partial charge in [0, 0.05) is 21.1 Å². The van der Waals surface area contributed by atoms with Crippen LogP contribution in [0, 0.1) is 6.92 Å². The summed E-state index contributed by atoms with van der Waals surface area (Å²) in [6, 6.07) is 3.87. The number of carbonyl (C=O) groups excluding carboxylic acids is 1. The number of halogens is 1. The van der Waals surface area contributed by atoms with Crippen LogP contribution in [-0.4, -0.2) is 16.3 Å². The number of benzene rings is 1. The van der Waals surface area contributed by atoms with Crippen molar-refractivity contribution < 1.29 is 4.79 Å². The molecule has 1 aromatic rings. The molecule has 2 rings (SSSR count). The first-order chi connectivity index (χ1) is 7.41. The number of thioether (sulfide) groups is 1. The van der Waals surface area contributed by atoms with E-state index in [1.165, 1.54) is 5.75 Å². The molecule has 1 fully saturated rings. The van der Waals surface area contributed by atoms with Gasteiger partial charge in [0.05, 0.1) is 0 Å². The van der Waals surface area contributed by atoms with Gasteiger partial charge in [0.2, 0.25) is 0 Å². The molecule has 1 saturated heterocycles. The first kappa shape index (κ1) is 12.0. The van der Waals surface area contributed by atoms with Gasteiger partial charge in [-0.15, -0.1) is 0 Å². The van der Waals surface area contributed by atoms with Crippen LogP contribution in [0.1, 0.15) is 35.3 Å². The SMILES string of the molecule is CC(=O)c1cc(Cl)c(CC2(C)CS2)cc1C. The van der Waals surface area contributed by atoms with Crippen molar-refractivity contribution in [1.82, 2.24) is 0 Å². The van der Waals surface area contributed by atoms with Crippen molar-refractivity contribution in [3.63, 3.8) is 0 Å². The van der Waals surface area contributed by atoms with Crippen LogP contribution in [0.3, 0.4) is 0 Å². The molecule has 0 radical (unpaired) electrons. The molecule has 1 unspecified atom stereocenters. The zero-order chi connectivity index (χ0) is 11.9. The molecule has 1 aromatic carbocycles. The number of Topliss-reactive ketones (excluding diaryl/α,β-unsaturated/α-hetero) is 1. The van der Waals surface area contributed by atoms with E-state index in [2.05, 4.69) is 13.0 Å². The van der Waals surface area contributed by atoms with Crippen LogP contribution in [0.25, 0.3) is 0 Å². The minimum absolute atomic E-state index is 0.0814. The first-order valence-electron chi connectivity index (χ1n) is 5.35. The predicted molar refractivity (Wildman–Crippen MR) is 70.8 cm³/mol. The van der Waals surface area contributed by atoms with Gasteiger partial charge in [-0.2, -0.15) is 11.8 Å². The fourth-order valence-electron chi connectivity index (χ4n) is 1.88. The number of rotatable bonds is 3. The average Bonchev–Trinajstić information content (AvgIpc) is 2.89. The summed E-state index contributed by atoms with van der Waals surface area (Å²) in [5.41, 5.74) is 2.93. The number of carbonyl (C=O) groups is 1. The van der Waals surface area contributed by atoms with E-state index in [0.29, 0.717) is 4.75 Å². The maximum absolute atomic E-state index is 11.4. The highest BCUT2D eigenvalue weighted by Gasteiger charge is 2.38. The Morgan fingerprint density at radius 2 is 2.19 bits per heavy atom. The third kappa shape index (κ3) is 2.44. The molecule has 1 aliphatic rings. The van der Waals surface area contributed by atoms with E-state index in [9.17, 15) is 4.79 Å². The van der Waals surface area contributed by atoms with Gasteiger partial charge in [-0.25, -0.2) is 0 Å². The van der Waals surface area contributed by atoms with E-state index in [0.717, 1.165) is 28.1 Å². The molecular formula is C13H15ClOS. The Bertz CT molecular complexity index is 449. The van der Waals surface area contributed by atoms with Crippen LogP contribution >= 0.6 is 23.4 Å². The summed E-state index contributed by atoms with van der Waals surface area (Å²) in [6.45, 7) is 5.80. The predicted octanol–water partition coefficient (Wildman–Crippen LogP) is 3.90. The van der Waals surface area contributed by atoms with Crippen LogP contribution in [-0.2, 0) is 6.42 Å². The molecule has 3 heteroatoms. The summed E-state index contributed by atoms with van der Waals surface area (Å²) in [5.74, 6) is 1.29. The summed E-state index contributed by atoms with van der Waals surface area (Å²) in [5, 5.41) is 0.726. The summed E-state index contributed by atoms with van der Waals surface area (Å²) in [7, 11) is 0. The molecule has 0 amide bonds. The van der Waals surface area contributed by atoms with E-state index < -0.39 is 0 Å². The van der Waals surface area contributed by atoms with E-state index >= 15 is 0 Å². The van der Waals surface area contributed by atoms with Gasteiger partial charge >= 0.3 is 0 Å². The molecular weight excluding hydrogens is 240 g/mol.